The molecule has 0 aliphatic carbocycles. The van der Waals surface area contributed by atoms with E-state index in [1.165, 1.54) is 4.88 Å². The molecule has 0 spiro atoms. The number of amides is 1. The zero-order valence-corrected chi connectivity index (χ0v) is 18.6. The highest BCUT2D eigenvalue weighted by Crippen LogP contribution is 2.15. The molecule has 1 aromatic carbocycles. The SMILES string of the molecule is CCc1cnc(CNC(=NC)NCC(NC(=O)OC(C)(C)C)c2ccccc2)s1. The second-order valence-electron chi connectivity index (χ2n) is 7.49. The third-order valence-corrected chi connectivity index (χ3v) is 5.09. The lowest BCUT2D eigenvalue weighted by Gasteiger charge is -2.24. The predicted octanol–water partition coefficient (Wildman–Crippen LogP) is 3.64. The van der Waals surface area contributed by atoms with E-state index < -0.39 is 11.7 Å². The van der Waals surface area contributed by atoms with Crippen molar-refractivity contribution in [3.63, 3.8) is 0 Å². The van der Waals surface area contributed by atoms with Crippen molar-refractivity contribution in [1.29, 1.82) is 0 Å². The lowest BCUT2D eigenvalue weighted by Crippen LogP contribution is -2.44. The molecular formula is C21H31N5O2S. The van der Waals surface area contributed by atoms with Crippen molar-refractivity contribution in [3.8, 4) is 0 Å². The van der Waals surface area contributed by atoms with Gasteiger partial charge in [0.1, 0.15) is 10.6 Å². The summed E-state index contributed by atoms with van der Waals surface area (Å²) in [5.74, 6) is 0.644. The molecule has 0 saturated heterocycles. The maximum absolute atomic E-state index is 12.3. The smallest absolute Gasteiger partial charge is 0.408 e. The molecule has 3 N–H and O–H groups in total. The van der Waals surface area contributed by atoms with Crippen LogP contribution >= 0.6 is 11.3 Å². The molecule has 1 amide bonds. The zero-order valence-electron chi connectivity index (χ0n) is 17.8. The molecule has 2 aromatic rings. The van der Waals surface area contributed by atoms with Crippen molar-refractivity contribution in [2.24, 2.45) is 4.99 Å². The van der Waals surface area contributed by atoms with E-state index in [4.69, 9.17) is 4.74 Å². The third kappa shape index (κ3) is 8.11. The molecule has 1 aromatic heterocycles. The monoisotopic (exact) mass is 417 g/mol. The maximum Gasteiger partial charge on any atom is 0.408 e. The number of aromatic nitrogens is 1. The quantitative estimate of drug-likeness (QED) is 0.473. The van der Waals surface area contributed by atoms with Crippen LogP contribution in [-0.4, -0.2) is 36.2 Å². The number of ether oxygens (including phenoxy) is 1. The summed E-state index contributed by atoms with van der Waals surface area (Å²) in [6, 6.07) is 9.51. The summed E-state index contributed by atoms with van der Waals surface area (Å²) in [6.07, 6.45) is 2.44. The van der Waals surface area contributed by atoms with Gasteiger partial charge in [0.15, 0.2) is 5.96 Å². The van der Waals surface area contributed by atoms with Crippen LogP contribution in [0.3, 0.4) is 0 Å². The lowest BCUT2D eigenvalue weighted by atomic mass is 10.1. The first-order valence-electron chi connectivity index (χ1n) is 9.73. The molecule has 0 aliphatic heterocycles. The maximum atomic E-state index is 12.3. The second-order valence-corrected chi connectivity index (χ2v) is 8.69. The Balaban J connectivity index is 1.97. The molecule has 1 heterocycles. The number of carbonyl (C=O) groups excluding carboxylic acids is 1. The van der Waals surface area contributed by atoms with Crippen LogP contribution in [0.1, 0.15) is 49.2 Å². The number of alkyl carbamates (subject to hydrolysis) is 1. The van der Waals surface area contributed by atoms with Gasteiger partial charge in [-0.15, -0.1) is 11.3 Å². The van der Waals surface area contributed by atoms with E-state index in [9.17, 15) is 4.79 Å². The average Bonchev–Trinajstić information content (AvgIpc) is 3.14. The number of rotatable bonds is 7. The minimum Gasteiger partial charge on any atom is -0.444 e. The number of guanidine groups is 1. The highest BCUT2D eigenvalue weighted by molar-refractivity contribution is 7.11. The van der Waals surface area contributed by atoms with Gasteiger partial charge in [-0.1, -0.05) is 37.3 Å². The molecule has 0 aliphatic rings. The first-order chi connectivity index (χ1) is 13.8. The van der Waals surface area contributed by atoms with E-state index in [-0.39, 0.29) is 6.04 Å². The molecule has 158 valence electrons. The van der Waals surface area contributed by atoms with Gasteiger partial charge in [-0.05, 0) is 32.8 Å². The Labute approximate surface area is 177 Å². The fourth-order valence-electron chi connectivity index (χ4n) is 2.56. The van der Waals surface area contributed by atoms with Crippen molar-refractivity contribution in [2.45, 2.75) is 52.3 Å². The van der Waals surface area contributed by atoms with Gasteiger partial charge < -0.3 is 20.7 Å². The lowest BCUT2D eigenvalue weighted by molar-refractivity contribution is 0.0504. The highest BCUT2D eigenvalue weighted by Gasteiger charge is 2.20. The van der Waals surface area contributed by atoms with Crippen LogP contribution in [0, 0.1) is 0 Å². The average molecular weight is 418 g/mol. The van der Waals surface area contributed by atoms with Crippen LogP contribution in [-0.2, 0) is 17.7 Å². The van der Waals surface area contributed by atoms with Crippen molar-refractivity contribution >= 4 is 23.4 Å². The topological polar surface area (TPSA) is 87.6 Å². The molecule has 7 nitrogen and oxygen atoms in total. The Morgan fingerprint density at radius 3 is 2.55 bits per heavy atom. The van der Waals surface area contributed by atoms with Crippen LogP contribution in [0.4, 0.5) is 4.79 Å². The Morgan fingerprint density at radius 1 is 1.24 bits per heavy atom. The summed E-state index contributed by atoms with van der Waals surface area (Å²) >= 11 is 1.69. The van der Waals surface area contributed by atoms with Gasteiger partial charge in [0.25, 0.3) is 0 Å². The third-order valence-electron chi connectivity index (χ3n) is 3.95. The van der Waals surface area contributed by atoms with Crippen LogP contribution in [0.2, 0.25) is 0 Å². The second kappa shape index (κ2) is 10.8. The van der Waals surface area contributed by atoms with E-state index in [1.807, 2.05) is 57.3 Å². The summed E-state index contributed by atoms with van der Waals surface area (Å²) < 4.78 is 5.41. The van der Waals surface area contributed by atoms with Crippen molar-refractivity contribution < 1.29 is 9.53 Å². The molecule has 2 rings (SSSR count). The number of hydrogen-bond acceptors (Lipinski definition) is 5. The Bertz CT molecular complexity index is 799. The number of thiazole rings is 1. The van der Waals surface area contributed by atoms with Crippen LogP contribution < -0.4 is 16.0 Å². The van der Waals surface area contributed by atoms with Crippen molar-refractivity contribution in [2.75, 3.05) is 13.6 Å². The molecular weight excluding hydrogens is 386 g/mol. The molecule has 1 unspecified atom stereocenters. The summed E-state index contributed by atoms with van der Waals surface area (Å²) in [5.41, 5.74) is 0.426. The number of aliphatic imine (C=N–C) groups is 1. The van der Waals surface area contributed by atoms with Gasteiger partial charge in [-0.25, -0.2) is 9.78 Å². The van der Waals surface area contributed by atoms with Gasteiger partial charge in [0, 0.05) is 24.7 Å². The standard InChI is InChI=1S/C21H31N5O2S/c1-6-16-12-23-18(29-16)14-25-19(22-5)24-13-17(15-10-8-7-9-11-15)26-20(27)28-21(2,3)4/h7-12,17H,6,13-14H2,1-5H3,(H,26,27)(H2,22,24,25). The number of nitrogens with zero attached hydrogens (tertiary/aromatic N) is 2. The summed E-state index contributed by atoms with van der Waals surface area (Å²) in [6.45, 7) is 8.71. The first-order valence-corrected chi connectivity index (χ1v) is 10.5. The summed E-state index contributed by atoms with van der Waals surface area (Å²) in [7, 11) is 1.72. The molecule has 1 atom stereocenters. The molecule has 0 fully saturated rings. The van der Waals surface area contributed by atoms with Crippen molar-refractivity contribution in [1.82, 2.24) is 20.9 Å². The largest absolute Gasteiger partial charge is 0.444 e. The van der Waals surface area contributed by atoms with E-state index in [0.717, 1.165) is 17.0 Å². The van der Waals surface area contributed by atoms with Gasteiger partial charge in [0.2, 0.25) is 0 Å². The van der Waals surface area contributed by atoms with Gasteiger partial charge in [0.05, 0.1) is 12.6 Å². The zero-order chi connectivity index (χ0) is 21.3. The normalized spacial score (nSPS) is 12.9. The number of benzene rings is 1. The van der Waals surface area contributed by atoms with Crippen LogP contribution in [0.5, 0.6) is 0 Å². The highest BCUT2D eigenvalue weighted by atomic mass is 32.1. The number of carbonyl (C=O) groups is 1. The minimum atomic E-state index is -0.554. The molecule has 0 saturated carbocycles. The number of nitrogens with one attached hydrogen (secondary N) is 3. The first kappa shape index (κ1) is 22.7. The van der Waals surface area contributed by atoms with Gasteiger partial charge in [-0.2, -0.15) is 0 Å². The molecule has 8 heteroatoms. The van der Waals surface area contributed by atoms with Crippen molar-refractivity contribution in [3.05, 3.63) is 52.0 Å². The molecule has 0 bridgehead atoms. The number of hydrogen-bond donors (Lipinski definition) is 3. The van der Waals surface area contributed by atoms with Crippen LogP contribution in [0.15, 0.2) is 41.5 Å². The fraction of sp³-hybridized carbons (Fsp3) is 0.476. The Kier molecular flexibility index (Phi) is 8.45. The number of aryl methyl sites for hydroxylation is 1. The van der Waals surface area contributed by atoms with E-state index in [0.29, 0.717) is 19.0 Å². The van der Waals surface area contributed by atoms with Crippen LogP contribution in [0.25, 0.3) is 0 Å². The minimum absolute atomic E-state index is 0.267. The van der Waals surface area contributed by atoms with E-state index >= 15 is 0 Å². The summed E-state index contributed by atoms with van der Waals surface area (Å²) in [5, 5.41) is 10.5. The van der Waals surface area contributed by atoms with Gasteiger partial charge in [-0.3, -0.25) is 4.99 Å². The predicted molar refractivity (Wildman–Crippen MR) is 118 cm³/mol. The van der Waals surface area contributed by atoms with Gasteiger partial charge >= 0.3 is 6.09 Å². The molecule has 29 heavy (non-hydrogen) atoms. The van der Waals surface area contributed by atoms with E-state index in [1.54, 1.807) is 18.4 Å². The summed E-state index contributed by atoms with van der Waals surface area (Å²) in [4.78, 5) is 22.2. The Hall–Kier alpha value is -2.61. The Morgan fingerprint density at radius 2 is 1.97 bits per heavy atom. The van der Waals surface area contributed by atoms with E-state index in [2.05, 4.69) is 32.9 Å². The molecule has 0 radical (unpaired) electrons. The fourth-order valence-corrected chi connectivity index (χ4v) is 3.36.